The fraction of sp³-hybridized carbons (Fsp3) is 0.368. The fourth-order valence-electron chi connectivity index (χ4n) is 3.37. The van der Waals surface area contributed by atoms with Crippen molar-refractivity contribution in [3.63, 3.8) is 0 Å². The van der Waals surface area contributed by atoms with Gasteiger partial charge in [-0.3, -0.25) is 4.79 Å². The van der Waals surface area contributed by atoms with Gasteiger partial charge in [-0.1, -0.05) is 0 Å². The summed E-state index contributed by atoms with van der Waals surface area (Å²) in [5, 5.41) is 0.695. The molecule has 4 rings (SSSR count). The Morgan fingerprint density at radius 1 is 1.10 bits per heavy atom. The molecule has 3 heterocycles. The molecule has 1 aromatic carbocycles. The van der Waals surface area contributed by atoms with Crippen molar-refractivity contribution in [1.29, 1.82) is 0 Å². The second kappa shape index (κ2) is 7.46. The molecule has 1 amide bonds. The van der Waals surface area contributed by atoms with Gasteiger partial charge in [0.25, 0.3) is 5.91 Å². The first-order chi connectivity index (χ1) is 14.0. The summed E-state index contributed by atoms with van der Waals surface area (Å²) in [4.78, 5) is 29.4. The normalized spacial score (nSPS) is 14.3. The molecule has 3 aromatic rings. The highest BCUT2D eigenvalue weighted by molar-refractivity contribution is 5.93. The summed E-state index contributed by atoms with van der Waals surface area (Å²) < 4.78 is 15.9. The van der Waals surface area contributed by atoms with E-state index in [0.29, 0.717) is 66.0 Å². The average Bonchev–Trinajstić information content (AvgIpc) is 3.18. The predicted octanol–water partition coefficient (Wildman–Crippen LogP) is 1.49. The lowest BCUT2D eigenvalue weighted by atomic mass is 10.2. The lowest BCUT2D eigenvalue weighted by Crippen LogP contribution is -2.49. The number of carbonyl (C=O) groups excluding carboxylic acids is 1. The van der Waals surface area contributed by atoms with Crippen molar-refractivity contribution in [3.8, 4) is 11.5 Å². The zero-order valence-corrected chi connectivity index (χ0v) is 16.5. The molecule has 0 radical (unpaired) electrons. The average molecular weight is 398 g/mol. The lowest BCUT2D eigenvalue weighted by Gasteiger charge is -2.34. The number of fused-ring (bicyclic) bond motifs is 1. The molecule has 0 aliphatic carbocycles. The number of oxazole rings is 1. The highest BCUT2D eigenvalue weighted by Crippen LogP contribution is 2.34. The SMILES string of the molecule is COc1cc2nc(N3CCN(C(=O)c4ocnc4C)CC3)nc(N)c2cc1OC. The van der Waals surface area contributed by atoms with Crippen LogP contribution in [0.1, 0.15) is 16.2 Å². The van der Waals surface area contributed by atoms with Gasteiger partial charge in [0.15, 0.2) is 17.9 Å². The first kappa shape index (κ1) is 18.8. The smallest absolute Gasteiger partial charge is 0.291 e. The van der Waals surface area contributed by atoms with Crippen LogP contribution in [-0.2, 0) is 0 Å². The molecular weight excluding hydrogens is 376 g/mol. The summed E-state index contributed by atoms with van der Waals surface area (Å²) in [5.74, 6) is 2.15. The molecule has 1 aliphatic rings. The molecule has 152 valence electrons. The number of ether oxygens (including phenoxy) is 2. The van der Waals surface area contributed by atoms with Crippen LogP contribution in [0.5, 0.6) is 11.5 Å². The van der Waals surface area contributed by atoms with Gasteiger partial charge < -0.3 is 29.4 Å². The number of nitrogen functional groups attached to an aromatic ring is 1. The maximum Gasteiger partial charge on any atom is 0.291 e. The summed E-state index contributed by atoms with van der Waals surface area (Å²) >= 11 is 0. The number of carbonyl (C=O) groups is 1. The van der Waals surface area contributed by atoms with Crippen molar-refractivity contribution in [1.82, 2.24) is 19.9 Å². The Bertz CT molecular complexity index is 1060. The van der Waals surface area contributed by atoms with Crippen LogP contribution in [0.4, 0.5) is 11.8 Å². The predicted molar refractivity (Wildman–Crippen MR) is 106 cm³/mol. The van der Waals surface area contributed by atoms with Crippen molar-refractivity contribution in [2.24, 2.45) is 0 Å². The first-order valence-corrected chi connectivity index (χ1v) is 9.15. The van der Waals surface area contributed by atoms with Crippen LogP contribution >= 0.6 is 0 Å². The standard InChI is InChI=1S/C19H22N6O4/c1-11-16(29-10-21-11)18(26)24-4-6-25(7-5-24)19-22-13-9-15(28-3)14(27-2)8-12(13)17(20)23-19/h8-10H,4-7H2,1-3H3,(H2,20,22,23). The third-order valence-corrected chi connectivity index (χ3v) is 5.01. The van der Waals surface area contributed by atoms with Gasteiger partial charge in [-0.2, -0.15) is 4.98 Å². The Kier molecular flexibility index (Phi) is 4.83. The van der Waals surface area contributed by atoms with Gasteiger partial charge >= 0.3 is 0 Å². The van der Waals surface area contributed by atoms with E-state index < -0.39 is 0 Å². The number of anilines is 2. The van der Waals surface area contributed by atoms with Crippen LogP contribution in [0.25, 0.3) is 10.9 Å². The number of piperazine rings is 1. The Balaban J connectivity index is 1.55. The molecule has 2 N–H and O–H groups in total. The van der Waals surface area contributed by atoms with Crippen LogP contribution in [0.2, 0.25) is 0 Å². The minimum Gasteiger partial charge on any atom is -0.493 e. The first-order valence-electron chi connectivity index (χ1n) is 9.15. The van der Waals surface area contributed by atoms with E-state index in [9.17, 15) is 4.79 Å². The number of nitrogens with two attached hydrogens (primary N) is 1. The molecule has 1 aliphatic heterocycles. The van der Waals surface area contributed by atoms with E-state index in [1.165, 1.54) is 6.39 Å². The molecular formula is C19H22N6O4. The molecule has 2 aromatic heterocycles. The minimum absolute atomic E-state index is 0.157. The molecule has 1 saturated heterocycles. The summed E-state index contributed by atoms with van der Waals surface area (Å²) in [7, 11) is 3.14. The Labute approximate surface area is 167 Å². The molecule has 29 heavy (non-hydrogen) atoms. The number of amides is 1. The van der Waals surface area contributed by atoms with Crippen molar-refractivity contribution < 1.29 is 18.7 Å². The van der Waals surface area contributed by atoms with Crippen LogP contribution in [0.3, 0.4) is 0 Å². The van der Waals surface area contributed by atoms with Crippen molar-refractivity contribution in [2.75, 3.05) is 51.0 Å². The Morgan fingerprint density at radius 3 is 2.41 bits per heavy atom. The number of benzene rings is 1. The highest BCUT2D eigenvalue weighted by atomic mass is 16.5. The van der Waals surface area contributed by atoms with Gasteiger partial charge in [-0.25, -0.2) is 9.97 Å². The molecule has 0 unspecified atom stereocenters. The molecule has 1 fully saturated rings. The van der Waals surface area contributed by atoms with Crippen LogP contribution in [0.15, 0.2) is 22.9 Å². The maximum absolute atomic E-state index is 12.6. The van der Waals surface area contributed by atoms with Gasteiger partial charge in [0.1, 0.15) is 5.82 Å². The molecule has 0 bridgehead atoms. The minimum atomic E-state index is -0.157. The van der Waals surface area contributed by atoms with E-state index in [-0.39, 0.29) is 11.7 Å². The van der Waals surface area contributed by atoms with E-state index in [2.05, 4.69) is 15.0 Å². The number of aromatic nitrogens is 3. The summed E-state index contributed by atoms with van der Waals surface area (Å²) in [6, 6.07) is 3.55. The zero-order chi connectivity index (χ0) is 20.5. The topological polar surface area (TPSA) is 120 Å². The maximum atomic E-state index is 12.6. The number of aryl methyl sites for hydroxylation is 1. The monoisotopic (exact) mass is 398 g/mol. The van der Waals surface area contributed by atoms with Crippen LogP contribution in [-0.4, -0.2) is 66.2 Å². The second-order valence-electron chi connectivity index (χ2n) is 6.68. The van der Waals surface area contributed by atoms with E-state index in [1.54, 1.807) is 38.2 Å². The summed E-state index contributed by atoms with van der Waals surface area (Å²) in [6.45, 7) is 3.95. The molecule has 10 heteroatoms. The summed E-state index contributed by atoms with van der Waals surface area (Å²) in [5.41, 5.74) is 7.43. The van der Waals surface area contributed by atoms with Crippen molar-refractivity contribution in [3.05, 3.63) is 30.0 Å². The number of nitrogens with zero attached hydrogens (tertiary/aromatic N) is 5. The van der Waals surface area contributed by atoms with Gasteiger partial charge in [0.05, 0.1) is 25.4 Å². The number of methoxy groups -OCH3 is 2. The van der Waals surface area contributed by atoms with Crippen LogP contribution in [0, 0.1) is 6.92 Å². The second-order valence-corrected chi connectivity index (χ2v) is 6.68. The third-order valence-electron chi connectivity index (χ3n) is 5.01. The van der Waals surface area contributed by atoms with Crippen molar-refractivity contribution in [2.45, 2.75) is 6.92 Å². The van der Waals surface area contributed by atoms with Gasteiger partial charge in [0, 0.05) is 37.6 Å². The van der Waals surface area contributed by atoms with E-state index >= 15 is 0 Å². The van der Waals surface area contributed by atoms with Gasteiger partial charge in [-0.05, 0) is 13.0 Å². The largest absolute Gasteiger partial charge is 0.493 e. The number of hydrogen-bond acceptors (Lipinski definition) is 9. The molecule has 0 spiro atoms. The molecule has 10 nitrogen and oxygen atoms in total. The molecule has 0 saturated carbocycles. The molecule has 0 atom stereocenters. The summed E-state index contributed by atoms with van der Waals surface area (Å²) in [6.07, 6.45) is 1.29. The Hall–Kier alpha value is -3.56. The van der Waals surface area contributed by atoms with E-state index in [1.807, 2.05) is 4.90 Å². The van der Waals surface area contributed by atoms with Gasteiger partial charge in [0.2, 0.25) is 11.7 Å². The van der Waals surface area contributed by atoms with Crippen LogP contribution < -0.4 is 20.1 Å². The third kappa shape index (κ3) is 3.37. The highest BCUT2D eigenvalue weighted by Gasteiger charge is 2.27. The fourth-order valence-corrected chi connectivity index (χ4v) is 3.37. The van der Waals surface area contributed by atoms with E-state index in [4.69, 9.17) is 19.6 Å². The Morgan fingerprint density at radius 2 is 1.79 bits per heavy atom. The number of hydrogen-bond donors (Lipinski definition) is 1. The lowest BCUT2D eigenvalue weighted by molar-refractivity contribution is 0.0713. The number of rotatable bonds is 4. The zero-order valence-electron chi connectivity index (χ0n) is 16.5. The van der Waals surface area contributed by atoms with E-state index in [0.717, 1.165) is 0 Å². The quantitative estimate of drug-likeness (QED) is 0.697. The van der Waals surface area contributed by atoms with Crippen molar-refractivity contribution >= 4 is 28.6 Å². The van der Waals surface area contributed by atoms with Gasteiger partial charge in [-0.15, -0.1) is 0 Å².